The van der Waals surface area contributed by atoms with Gasteiger partial charge in [-0.1, -0.05) is 23.2 Å². The summed E-state index contributed by atoms with van der Waals surface area (Å²) in [5.41, 5.74) is 2.07. The van der Waals surface area contributed by atoms with Gasteiger partial charge in [0.15, 0.2) is 0 Å². The van der Waals surface area contributed by atoms with E-state index in [1.54, 1.807) is 6.92 Å². The van der Waals surface area contributed by atoms with Gasteiger partial charge in [0.1, 0.15) is 10.2 Å². The van der Waals surface area contributed by atoms with Crippen molar-refractivity contribution in [3.05, 3.63) is 39.0 Å². The lowest BCUT2D eigenvalue weighted by atomic mass is 10.1. The lowest BCUT2D eigenvalue weighted by Crippen LogP contribution is -2.08. The Bertz CT molecular complexity index is 628. The molecule has 0 saturated heterocycles. The monoisotopic (exact) mass is 327 g/mol. The number of hydrogen-bond donors (Lipinski definition) is 0. The number of carbonyl (C=O) groups excluding carboxylic acids is 1. The van der Waals surface area contributed by atoms with Gasteiger partial charge < -0.3 is 4.74 Å². The zero-order valence-electron chi connectivity index (χ0n) is 9.96. The van der Waals surface area contributed by atoms with Gasteiger partial charge in [0.2, 0.25) is 0 Å². The summed E-state index contributed by atoms with van der Waals surface area (Å²) in [6.07, 6.45) is 0. The average Bonchev–Trinajstić information content (AvgIpc) is 2.31. The normalized spacial score (nSPS) is 10.7. The molecule has 0 amide bonds. The molecule has 3 nitrogen and oxygen atoms in total. The fraction of sp³-hybridized carbons (Fsp3) is 0.231. The first kappa shape index (κ1) is 13.3. The number of aryl methyl sites for hydroxylation is 1. The molecule has 0 bridgehead atoms. The van der Waals surface area contributed by atoms with Gasteiger partial charge in [-0.15, -0.1) is 0 Å². The first-order valence-electron chi connectivity index (χ1n) is 5.47. The number of ether oxygens (including phenoxy) is 1. The largest absolute Gasteiger partial charge is 0.462 e. The predicted molar refractivity (Wildman–Crippen MR) is 75.1 cm³/mol. The highest BCUT2D eigenvalue weighted by Crippen LogP contribution is 2.32. The number of aromatic nitrogens is 1. The van der Waals surface area contributed by atoms with Gasteiger partial charge in [0.05, 0.1) is 17.1 Å². The smallest absolute Gasteiger partial charge is 0.342 e. The van der Waals surface area contributed by atoms with Gasteiger partial charge in [-0.25, -0.2) is 9.78 Å². The van der Waals surface area contributed by atoms with Gasteiger partial charge >= 0.3 is 5.97 Å². The van der Waals surface area contributed by atoms with Crippen LogP contribution in [-0.2, 0) is 4.74 Å². The summed E-state index contributed by atoms with van der Waals surface area (Å²) in [7, 11) is 0. The topological polar surface area (TPSA) is 39.2 Å². The van der Waals surface area contributed by atoms with E-state index in [9.17, 15) is 4.79 Å². The number of pyridine rings is 1. The Balaban J connectivity index is 2.70. The van der Waals surface area contributed by atoms with Gasteiger partial charge in [0, 0.05) is 5.39 Å². The second-order valence-electron chi connectivity index (χ2n) is 3.83. The van der Waals surface area contributed by atoms with E-state index in [0.29, 0.717) is 16.2 Å². The summed E-state index contributed by atoms with van der Waals surface area (Å²) in [4.78, 5) is 16.2. The second kappa shape index (κ2) is 5.24. The van der Waals surface area contributed by atoms with Gasteiger partial charge in [-0.3, -0.25) is 0 Å². The van der Waals surface area contributed by atoms with Crippen LogP contribution in [0.3, 0.4) is 0 Å². The molecule has 0 unspecified atom stereocenters. The van der Waals surface area contributed by atoms with Crippen molar-refractivity contribution in [1.29, 1.82) is 0 Å². The molecular weight excluding hydrogens is 318 g/mol. The number of nitrogens with zero attached hydrogens (tertiary/aromatic N) is 1. The van der Waals surface area contributed by atoms with E-state index < -0.39 is 5.97 Å². The van der Waals surface area contributed by atoms with Crippen LogP contribution in [0.25, 0.3) is 10.9 Å². The highest BCUT2D eigenvalue weighted by atomic mass is 79.9. The number of fused-ring (bicyclic) bond motifs is 1. The Kier molecular flexibility index (Phi) is 3.88. The summed E-state index contributed by atoms with van der Waals surface area (Å²) in [5.74, 6) is -0.467. The highest BCUT2D eigenvalue weighted by molar-refractivity contribution is 9.10. The van der Waals surface area contributed by atoms with Crippen LogP contribution in [0, 0.1) is 6.92 Å². The van der Waals surface area contributed by atoms with Crippen LogP contribution in [0.2, 0.25) is 5.02 Å². The van der Waals surface area contributed by atoms with Crippen LogP contribution in [0.5, 0.6) is 0 Å². The van der Waals surface area contributed by atoms with Crippen LogP contribution in [0.1, 0.15) is 22.8 Å². The van der Waals surface area contributed by atoms with Crippen molar-refractivity contribution < 1.29 is 9.53 Å². The van der Waals surface area contributed by atoms with Gasteiger partial charge in [0.25, 0.3) is 0 Å². The first-order chi connectivity index (χ1) is 8.54. The Hall–Kier alpha value is -1.13. The van der Waals surface area contributed by atoms with Crippen LogP contribution in [0.15, 0.2) is 22.8 Å². The van der Waals surface area contributed by atoms with Gasteiger partial charge in [-0.05, 0) is 41.9 Å². The molecule has 1 heterocycles. The molecule has 0 aliphatic rings. The quantitative estimate of drug-likeness (QED) is 0.614. The minimum atomic E-state index is -0.467. The van der Waals surface area contributed by atoms with Crippen LogP contribution in [0.4, 0.5) is 0 Å². The maximum absolute atomic E-state index is 11.8. The number of halogens is 2. The molecule has 0 fully saturated rings. The maximum atomic E-state index is 11.8. The third-order valence-corrected chi connectivity index (χ3v) is 3.48. The highest BCUT2D eigenvalue weighted by Gasteiger charge is 2.19. The summed E-state index contributed by atoms with van der Waals surface area (Å²) < 4.78 is 5.38. The van der Waals surface area contributed by atoms with Crippen LogP contribution >= 0.6 is 27.5 Å². The Labute approximate surface area is 118 Å². The van der Waals surface area contributed by atoms with Crippen molar-refractivity contribution in [2.75, 3.05) is 6.61 Å². The average molecular weight is 329 g/mol. The minimum absolute atomic E-state index is 0.275. The van der Waals surface area contributed by atoms with E-state index in [1.165, 1.54) is 0 Å². The third kappa shape index (κ3) is 2.35. The van der Waals surface area contributed by atoms with Crippen molar-refractivity contribution >= 4 is 44.4 Å². The molecule has 0 radical (unpaired) electrons. The van der Waals surface area contributed by atoms with Crippen LogP contribution < -0.4 is 0 Å². The molecule has 0 atom stereocenters. The molecule has 18 heavy (non-hydrogen) atoms. The van der Waals surface area contributed by atoms with Gasteiger partial charge in [-0.2, -0.15) is 0 Å². The second-order valence-corrected chi connectivity index (χ2v) is 4.96. The summed E-state index contributed by atoms with van der Waals surface area (Å²) >= 11 is 9.54. The number of rotatable bonds is 2. The Morgan fingerprint density at radius 1 is 1.50 bits per heavy atom. The number of carbonyl (C=O) groups is 1. The first-order valence-corrected chi connectivity index (χ1v) is 6.64. The molecular formula is C13H11BrClNO2. The standard InChI is InChI=1S/C13H11BrClNO2/c1-3-18-13(17)10-11(15)8-6-7(2)4-5-9(8)16-12(10)14/h4-6H,3H2,1-2H3. The molecule has 0 N–H and O–H groups in total. The molecule has 2 aromatic rings. The summed E-state index contributed by atoms with van der Waals surface area (Å²) in [5, 5.41) is 1.12. The fourth-order valence-corrected chi connectivity index (χ4v) is 2.67. The molecule has 5 heteroatoms. The maximum Gasteiger partial charge on any atom is 0.342 e. The van der Waals surface area contributed by atoms with Crippen LogP contribution in [-0.4, -0.2) is 17.6 Å². The van der Waals surface area contributed by atoms with Crippen molar-refractivity contribution in [1.82, 2.24) is 4.98 Å². The van der Waals surface area contributed by atoms with Crippen molar-refractivity contribution in [2.24, 2.45) is 0 Å². The summed E-state index contributed by atoms with van der Waals surface area (Å²) in [6, 6.07) is 5.72. The van der Waals surface area contributed by atoms with Crippen molar-refractivity contribution in [2.45, 2.75) is 13.8 Å². The van der Waals surface area contributed by atoms with E-state index in [0.717, 1.165) is 16.5 Å². The molecule has 1 aromatic carbocycles. The number of hydrogen-bond acceptors (Lipinski definition) is 3. The lowest BCUT2D eigenvalue weighted by molar-refractivity contribution is 0.0525. The minimum Gasteiger partial charge on any atom is -0.462 e. The molecule has 0 saturated carbocycles. The molecule has 94 valence electrons. The predicted octanol–water partition coefficient (Wildman–Crippen LogP) is 4.14. The third-order valence-electron chi connectivity index (χ3n) is 2.51. The molecule has 0 spiro atoms. The van der Waals surface area contributed by atoms with E-state index in [1.807, 2.05) is 25.1 Å². The Morgan fingerprint density at radius 2 is 2.22 bits per heavy atom. The zero-order chi connectivity index (χ0) is 13.3. The zero-order valence-corrected chi connectivity index (χ0v) is 12.3. The van der Waals surface area contributed by atoms with Crippen molar-refractivity contribution in [3.8, 4) is 0 Å². The molecule has 0 aliphatic carbocycles. The number of benzene rings is 1. The fourth-order valence-electron chi connectivity index (χ4n) is 1.69. The summed E-state index contributed by atoms with van der Waals surface area (Å²) in [6.45, 7) is 4.01. The van der Waals surface area contributed by atoms with E-state index in [2.05, 4.69) is 20.9 Å². The number of esters is 1. The Morgan fingerprint density at radius 3 is 2.89 bits per heavy atom. The lowest BCUT2D eigenvalue weighted by Gasteiger charge is -2.09. The SMILES string of the molecule is CCOC(=O)c1c(Br)nc2ccc(C)cc2c1Cl. The molecule has 2 rings (SSSR count). The van der Waals surface area contributed by atoms with E-state index >= 15 is 0 Å². The van der Waals surface area contributed by atoms with Crippen molar-refractivity contribution in [3.63, 3.8) is 0 Å². The molecule has 0 aliphatic heterocycles. The van der Waals surface area contributed by atoms with E-state index in [4.69, 9.17) is 16.3 Å². The molecule has 1 aromatic heterocycles. The van der Waals surface area contributed by atoms with E-state index in [-0.39, 0.29) is 5.56 Å².